The van der Waals surface area contributed by atoms with E-state index in [4.69, 9.17) is 9.84 Å². The van der Waals surface area contributed by atoms with E-state index in [0.717, 1.165) is 72.3 Å². The minimum absolute atomic E-state index is 0.0289. The molecule has 0 unspecified atom stereocenters. The topological polar surface area (TPSA) is 103 Å². The smallest absolute Gasteiger partial charge is 0.317 e. The number of allylic oxidation sites excluding steroid dienone is 4. The lowest BCUT2D eigenvalue weighted by molar-refractivity contribution is -0.142. The Kier molecular flexibility index (Phi) is 27.1. The van der Waals surface area contributed by atoms with Crippen LogP contribution in [0.25, 0.3) is 0 Å². The first-order valence-electron chi connectivity index (χ1n) is 16.5. The molecule has 1 aromatic rings. The zero-order valence-electron chi connectivity index (χ0n) is 30.0. The van der Waals surface area contributed by atoms with Gasteiger partial charge in [-0.3, -0.25) is 4.79 Å². The number of hydrazine groups is 1. The molecular weight excluding hydrogens is 564 g/mol. The minimum Gasteiger partial charge on any atom is -0.497 e. The number of carbonyl (C=O) groups is 2. The molecule has 0 spiro atoms. The molecule has 45 heavy (non-hydrogen) atoms. The lowest BCUT2D eigenvalue weighted by Crippen LogP contribution is -2.39. The maximum Gasteiger partial charge on any atom is 0.317 e. The number of rotatable bonds is 13. The van der Waals surface area contributed by atoms with Crippen LogP contribution in [0.4, 0.5) is 4.79 Å². The second-order valence-corrected chi connectivity index (χ2v) is 10.8. The van der Waals surface area contributed by atoms with Gasteiger partial charge in [0.2, 0.25) is 0 Å². The van der Waals surface area contributed by atoms with E-state index in [0.29, 0.717) is 13.1 Å². The number of ether oxygens (including phenoxy) is 1. The first-order chi connectivity index (χ1) is 21.6. The number of hydrogen-bond donors (Lipinski definition) is 4. The van der Waals surface area contributed by atoms with Gasteiger partial charge in [-0.25, -0.2) is 10.2 Å². The number of hydrogen-bond acceptors (Lipinski definition) is 5. The first kappa shape index (κ1) is 43.6. The van der Waals surface area contributed by atoms with Crippen LogP contribution in [0.1, 0.15) is 105 Å². The minimum atomic E-state index is -0.602. The molecule has 256 valence electrons. The quantitative estimate of drug-likeness (QED) is 0.0990. The van der Waals surface area contributed by atoms with Crippen LogP contribution in [0.2, 0.25) is 0 Å². The third-order valence-electron chi connectivity index (χ3n) is 6.69. The average Bonchev–Trinajstić information content (AvgIpc) is 3.04. The number of amides is 2. The van der Waals surface area contributed by atoms with Crippen molar-refractivity contribution in [1.82, 2.24) is 21.1 Å². The molecule has 0 atom stereocenters. The van der Waals surface area contributed by atoms with Crippen molar-refractivity contribution < 1.29 is 19.4 Å². The van der Waals surface area contributed by atoms with Crippen molar-refractivity contribution in [1.29, 1.82) is 0 Å². The normalized spacial score (nSPS) is 13.6. The summed E-state index contributed by atoms with van der Waals surface area (Å²) >= 11 is 0. The lowest BCUT2D eigenvalue weighted by atomic mass is 9.90. The molecule has 4 N–H and O–H groups in total. The zero-order valence-corrected chi connectivity index (χ0v) is 30.0. The Hall–Kier alpha value is -3.52. The third-order valence-corrected chi connectivity index (χ3v) is 6.69. The van der Waals surface area contributed by atoms with Gasteiger partial charge in [0.1, 0.15) is 5.76 Å². The summed E-state index contributed by atoms with van der Waals surface area (Å²) in [5.41, 5.74) is 11.3. The Labute approximate surface area is 275 Å². The summed E-state index contributed by atoms with van der Waals surface area (Å²) in [6.45, 7) is 19.3. The van der Waals surface area contributed by atoms with E-state index in [9.17, 15) is 9.59 Å². The third kappa shape index (κ3) is 20.2. The van der Waals surface area contributed by atoms with E-state index in [1.54, 1.807) is 19.1 Å². The number of urea groups is 1. The molecule has 0 heterocycles. The second kappa shape index (κ2) is 28.0. The Morgan fingerprint density at radius 3 is 2.07 bits per heavy atom. The first-order valence-corrected chi connectivity index (χ1v) is 16.5. The monoisotopic (exact) mass is 628 g/mol. The molecule has 0 radical (unpaired) electrons. The van der Waals surface area contributed by atoms with E-state index >= 15 is 0 Å². The number of nitrogens with zero attached hydrogens (tertiary/aromatic N) is 1. The maximum absolute atomic E-state index is 12.6. The number of nitrogens with one attached hydrogen (secondary N) is 3. The number of aliphatic carboxylic acids is 1. The van der Waals surface area contributed by atoms with Gasteiger partial charge in [0.05, 0.1) is 18.7 Å². The van der Waals surface area contributed by atoms with Crippen molar-refractivity contribution >= 4 is 12.0 Å². The summed E-state index contributed by atoms with van der Waals surface area (Å²) in [6.07, 6.45) is 12.2. The highest BCUT2D eigenvalue weighted by atomic mass is 16.5. The molecule has 2 rings (SSSR count). The fraction of sp³-hybridized carbons (Fsp3) is 0.568. The lowest BCUT2D eigenvalue weighted by Gasteiger charge is -2.21. The van der Waals surface area contributed by atoms with E-state index in [1.807, 2.05) is 77.2 Å². The molecule has 1 fully saturated rings. The Morgan fingerprint density at radius 1 is 1.04 bits per heavy atom. The van der Waals surface area contributed by atoms with Crippen LogP contribution in [0.3, 0.4) is 0 Å². The second-order valence-electron chi connectivity index (χ2n) is 10.8. The SMILES string of the molecule is C=C(C)\C(=C/C=C(C)/C(NNC)=C(/CCC)CNC(=O)N(C)Cc1ccccc1)OC.CC.CCC.O=C(O)C1CCCCC1. The van der Waals surface area contributed by atoms with Gasteiger partial charge in [0.15, 0.2) is 0 Å². The van der Waals surface area contributed by atoms with Crippen LogP contribution in [-0.4, -0.2) is 49.8 Å². The molecule has 8 nitrogen and oxygen atoms in total. The summed E-state index contributed by atoms with van der Waals surface area (Å²) in [4.78, 5) is 24.7. The van der Waals surface area contributed by atoms with E-state index in [2.05, 4.69) is 43.5 Å². The number of benzene rings is 1. The van der Waals surface area contributed by atoms with Crippen LogP contribution in [0, 0.1) is 5.92 Å². The molecule has 1 aliphatic carbocycles. The molecule has 0 saturated heterocycles. The fourth-order valence-electron chi connectivity index (χ4n) is 4.46. The van der Waals surface area contributed by atoms with Gasteiger partial charge < -0.3 is 25.5 Å². The van der Waals surface area contributed by atoms with Crippen molar-refractivity contribution in [2.24, 2.45) is 5.92 Å². The standard InChI is InChI=1S/C25H38N4O2.C7H12O2.C3H8.C2H6/c1-8-12-22(17-27-25(30)29(6)18-21-13-10-9-11-14-21)24(28-26-5)20(4)15-16-23(31-7)19(2)3;8-7(9)6-4-2-1-3-5-6;1-3-2;1-2/h9-11,13-16,26,28H,2,8,12,17-18H2,1,3-7H3,(H,27,30);6H,1-5H2,(H,8,9);3H2,1-2H3;1-2H3/b20-15+,23-16+,24-22+;;;. The number of carboxylic acid groups (broad SMARTS) is 1. The van der Waals surface area contributed by atoms with Gasteiger partial charge in [-0.05, 0) is 61.5 Å². The Balaban J connectivity index is 0. The summed E-state index contributed by atoms with van der Waals surface area (Å²) in [6, 6.07) is 9.85. The molecular formula is C37H64N4O4. The summed E-state index contributed by atoms with van der Waals surface area (Å²) < 4.78 is 5.37. The van der Waals surface area contributed by atoms with Crippen LogP contribution in [0.5, 0.6) is 0 Å². The Morgan fingerprint density at radius 2 is 1.62 bits per heavy atom. The molecule has 2 amide bonds. The molecule has 0 aliphatic heterocycles. The highest BCUT2D eigenvalue weighted by Crippen LogP contribution is 2.23. The highest BCUT2D eigenvalue weighted by Gasteiger charge is 2.19. The van der Waals surface area contributed by atoms with Crippen molar-refractivity contribution in [3.05, 3.63) is 82.8 Å². The highest BCUT2D eigenvalue weighted by molar-refractivity contribution is 5.74. The summed E-state index contributed by atoms with van der Waals surface area (Å²) in [7, 11) is 5.27. The van der Waals surface area contributed by atoms with Gasteiger partial charge in [-0.15, -0.1) is 0 Å². The van der Waals surface area contributed by atoms with Gasteiger partial charge in [0, 0.05) is 27.2 Å². The summed E-state index contributed by atoms with van der Waals surface area (Å²) in [5.74, 6) is 0.101. The van der Waals surface area contributed by atoms with Crippen molar-refractivity contribution in [3.63, 3.8) is 0 Å². The van der Waals surface area contributed by atoms with E-state index in [-0.39, 0.29) is 11.9 Å². The molecule has 1 saturated carbocycles. The van der Waals surface area contributed by atoms with E-state index in [1.165, 1.54) is 12.8 Å². The van der Waals surface area contributed by atoms with Crippen molar-refractivity contribution in [3.8, 4) is 0 Å². The number of methoxy groups -OCH3 is 1. The van der Waals surface area contributed by atoms with Crippen LogP contribution in [0.15, 0.2) is 77.2 Å². The molecule has 8 heteroatoms. The van der Waals surface area contributed by atoms with Crippen LogP contribution >= 0.6 is 0 Å². The van der Waals surface area contributed by atoms with E-state index < -0.39 is 5.97 Å². The van der Waals surface area contributed by atoms with Crippen molar-refractivity contribution in [2.45, 2.75) is 106 Å². The van der Waals surface area contributed by atoms with Crippen LogP contribution in [-0.2, 0) is 16.1 Å². The number of carbonyl (C=O) groups excluding carboxylic acids is 1. The number of carboxylic acids is 1. The largest absolute Gasteiger partial charge is 0.497 e. The predicted octanol–water partition coefficient (Wildman–Crippen LogP) is 8.75. The van der Waals surface area contributed by atoms with Gasteiger partial charge in [-0.1, -0.05) is 110 Å². The molecule has 1 aliphatic rings. The molecule has 1 aromatic carbocycles. The fourth-order valence-corrected chi connectivity index (χ4v) is 4.46. The average molecular weight is 629 g/mol. The van der Waals surface area contributed by atoms with Gasteiger partial charge in [0.25, 0.3) is 0 Å². The van der Waals surface area contributed by atoms with Crippen LogP contribution < -0.4 is 16.2 Å². The summed E-state index contributed by atoms with van der Waals surface area (Å²) in [5, 5.41) is 11.6. The Bertz CT molecular complexity index is 1040. The predicted molar refractivity (Wildman–Crippen MR) is 191 cm³/mol. The van der Waals surface area contributed by atoms with Crippen molar-refractivity contribution in [2.75, 3.05) is 27.7 Å². The van der Waals surface area contributed by atoms with Gasteiger partial charge in [-0.2, -0.15) is 0 Å². The van der Waals surface area contributed by atoms with Gasteiger partial charge >= 0.3 is 12.0 Å². The maximum atomic E-state index is 12.6. The zero-order chi connectivity index (χ0) is 34.6. The molecule has 0 bridgehead atoms. The molecule has 0 aromatic heterocycles.